The fourth-order valence-electron chi connectivity index (χ4n) is 3.09. The summed E-state index contributed by atoms with van der Waals surface area (Å²) >= 11 is 0. The van der Waals surface area contributed by atoms with Crippen LogP contribution in [0.3, 0.4) is 0 Å². The van der Waals surface area contributed by atoms with Crippen LogP contribution in [0.4, 0.5) is 5.69 Å². The zero-order chi connectivity index (χ0) is 21.0. The summed E-state index contributed by atoms with van der Waals surface area (Å²) in [5, 5.41) is 2.73. The molecule has 0 aliphatic carbocycles. The maximum absolute atomic E-state index is 13.2. The van der Waals surface area contributed by atoms with Crippen molar-refractivity contribution < 1.29 is 22.7 Å². The minimum Gasteiger partial charge on any atom is -0.454 e. The van der Waals surface area contributed by atoms with Crippen LogP contribution in [-0.2, 0) is 21.4 Å². The number of carbonyl (C=O) groups is 1. The number of hydrogen-bond acceptors (Lipinski definition) is 5. The van der Waals surface area contributed by atoms with Gasteiger partial charge in [-0.15, -0.1) is 0 Å². The van der Waals surface area contributed by atoms with Gasteiger partial charge in [0.2, 0.25) is 22.7 Å². The van der Waals surface area contributed by atoms with E-state index in [1.54, 1.807) is 36.4 Å². The van der Waals surface area contributed by atoms with Gasteiger partial charge in [0.15, 0.2) is 11.5 Å². The Kier molecular flexibility index (Phi) is 5.69. The number of fused-ring (bicyclic) bond motifs is 1. The lowest BCUT2D eigenvalue weighted by atomic mass is 10.2. The van der Waals surface area contributed by atoms with E-state index in [4.69, 9.17) is 9.47 Å². The molecule has 1 amide bonds. The molecule has 1 heterocycles. The summed E-state index contributed by atoms with van der Waals surface area (Å²) in [6.45, 7) is -0.125. The second kappa shape index (κ2) is 8.56. The predicted molar refractivity (Wildman–Crippen MR) is 112 cm³/mol. The van der Waals surface area contributed by atoms with E-state index in [0.717, 1.165) is 5.56 Å². The fourth-order valence-corrected chi connectivity index (χ4v) is 4.49. The first-order valence-corrected chi connectivity index (χ1v) is 10.7. The Morgan fingerprint density at radius 2 is 1.57 bits per heavy atom. The largest absolute Gasteiger partial charge is 0.454 e. The van der Waals surface area contributed by atoms with Gasteiger partial charge < -0.3 is 14.8 Å². The van der Waals surface area contributed by atoms with Crippen molar-refractivity contribution in [1.29, 1.82) is 0 Å². The lowest BCUT2D eigenvalue weighted by Gasteiger charge is -2.22. The predicted octanol–water partition coefficient (Wildman–Crippen LogP) is 3.24. The number of ether oxygens (including phenoxy) is 2. The molecule has 8 heteroatoms. The molecular formula is C22H20N2O5S. The van der Waals surface area contributed by atoms with E-state index in [9.17, 15) is 13.2 Å². The molecule has 0 spiro atoms. The number of anilines is 1. The normalized spacial score (nSPS) is 12.7. The topological polar surface area (TPSA) is 84.9 Å². The Hall–Kier alpha value is -3.36. The van der Waals surface area contributed by atoms with Crippen molar-refractivity contribution in [3.8, 4) is 11.5 Å². The lowest BCUT2D eigenvalue weighted by Crippen LogP contribution is -2.37. The molecule has 0 bridgehead atoms. The SMILES string of the molecule is O=C(CN(Cc1ccccc1)S(=O)(=O)c1ccccc1)Nc1ccc2c(c1)OCO2. The van der Waals surface area contributed by atoms with Gasteiger partial charge in [-0.05, 0) is 29.8 Å². The summed E-state index contributed by atoms with van der Waals surface area (Å²) in [7, 11) is -3.87. The number of hydrogen-bond donors (Lipinski definition) is 1. The van der Waals surface area contributed by atoms with Crippen LogP contribution in [0.15, 0.2) is 83.8 Å². The third kappa shape index (κ3) is 4.45. The number of nitrogens with one attached hydrogen (secondary N) is 1. The van der Waals surface area contributed by atoms with Crippen molar-refractivity contribution in [3.05, 3.63) is 84.4 Å². The molecule has 154 valence electrons. The van der Waals surface area contributed by atoms with E-state index >= 15 is 0 Å². The van der Waals surface area contributed by atoms with Crippen LogP contribution < -0.4 is 14.8 Å². The van der Waals surface area contributed by atoms with E-state index in [-0.39, 0.29) is 24.8 Å². The van der Waals surface area contributed by atoms with E-state index < -0.39 is 15.9 Å². The lowest BCUT2D eigenvalue weighted by molar-refractivity contribution is -0.116. The van der Waals surface area contributed by atoms with Crippen molar-refractivity contribution in [2.24, 2.45) is 0 Å². The maximum atomic E-state index is 13.2. The van der Waals surface area contributed by atoms with Gasteiger partial charge in [0.25, 0.3) is 0 Å². The standard InChI is InChI=1S/C22H20N2O5S/c25-22(23-18-11-12-20-21(13-18)29-16-28-20)15-24(14-17-7-3-1-4-8-17)30(26,27)19-9-5-2-6-10-19/h1-13H,14-16H2,(H,23,25). The van der Waals surface area contributed by atoms with E-state index in [2.05, 4.69) is 5.32 Å². The molecule has 1 N–H and O–H groups in total. The van der Waals surface area contributed by atoms with Crippen LogP contribution in [0.25, 0.3) is 0 Å². The molecule has 3 aromatic carbocycles. The summed E-state index contributed by atoms with van der Waals surface area (Å²) < 4.78 is 38.1. The van der Waals surface area contributed by atoms with Gasteiger partial charge in [-0.1, -0.05) is 48.5 Å². The van der Waals surface area contributed by atoms with Crippen molar-refractivity contribution in [1.82, 2.24) is 4.31 Å². The van der Waals surface area contributed by atoms with Crippen molar-refractivity contribution in [3.63, 3.8) is 0 Å². The number of rotatable bonds is 7. The molecule has 0 fully saturated rings. The summed E-state index contributed by atoms with van der Waals surface area (Å²) in [6.07, 6.45) is 0. The molecule has 4 rings (SSSR count). The monoisotopic (exact) mass is 424 g/mol. The number of carbonyl (C=O) groups excluding carboxylic acids is 1. The van der Waals surface area contributed by atoms with Crippen molar-refractivity contribution in [2.75, 3.05) is 18.7 Å². The number of sulfonamides is 1. The first kappa shape index (κ1) is 19.9. The Balaban J connectivity index is 1.55. The van der Waals surface area contributed by atoms with Crippen LogP contribution in [0, 0.1) is 0 Å². The molecule has 0 atom stereocenters. The highest BCUT2D eigenvalue weighted by Gasteiger charge is 2.27. The van der Waals surface area contributed by atoms with Gasteiger partial charge in [0, 0.05) is 18.3 Å². The summed E-state index contributed by atoms with van der Waals surface area (Å²) in [6, 6.07) is 22.3. The van der Waals surface area contributed by atoms with Crippen LogP contribution in [0.1, 0.15) is 5.56 Å². The maximum Gasteiger partial charge on any atom is 0.243 e. The highest BCUT2D eigenvalue weighted by atomic mass is 32.2. The molecule has 30 heavy (non-hydrogen) atoms. The molecule has 0 unspecified atom stereocenters. The number of nitrogens with zero attached hydrogens (tertiary/aromatic N) is 1. The zero-order valence-corrected chi connectivity index (χ0v) is 16.8. The molecule has 7 nitrogen and oxygen atoms in total. The molecule has 0 saturated carbocycles. The number of benzene rings is 3. The second-order valence-electron chi connectivity index (χ2n) is 6.69. The van der Waals surface area contributed by atoms with E-state index in [1.807, 2.05) is 30.3 Å². The van der Waals surface area contributed by atoms with Crippen LogP contribution in [0.5, 0.6) is 11.5 Å². The summed E-state index contributed by atoms with van der Waals surface area (Å²) in [5.74, 6) is 0.681. The van der Waals surface area contributed by atoms with Gasteiger partial charge in [0.05, 0.1) is 11.4 Å². The summed E-state index contributed by atoms with van der Waals surface area (Å²) in [5.41, 5.74) is 1.29. The van der Waals surface area contributed by atoms with Gasteiger partial charge in [-0.25, -0.2) is 8.42 Å². The van der Waals surface area contributed by atoms with E-state index in [1.165, 1.54) is 16.4 Å². The Bertz CT molecular complexity index is 1130. The summed E-state index contributed by atoms with van der Waals surface area (Å²) in [4.78, 5) is 12.8. The average Bonchev–Trinajstić information content (AvgIpc) is 3.22. The minimum absolute atomic E-state index is 0.0760. The third-order valence-corrected chi connectivity index (χ3v) is 6.36. The first-order chi connectivity index (χ1) is 14.5. The van der Waals surface area contributed by atoms with E-state index in [0.29, 0.717) is 17.2 Å². The molecular weight excluding hydrogens is 404 g/mol. The first-order valence-electron chi connectivity index (χ1n) is 9.31. The van der Waals surface area contributed by atoms with Crippen LogP contribution in [0.2, 0.25) is 0 Å². The fraction of sp³-hybridized carbons (Fsp3) is 0.136. The Labute approximate surface area is 174 Å². The third-order valence-electron chi connectivity index (χ3n) is 4.56. The molecule has 0 radical (unpaired) electrons. The minimum atomic E-state index is -3.87. The number of amides is 1. The van der Waals surface area contributed by atoms with Gasteiger partial charge >= 0.3 is 0 Å². The van der Waals surface area contributed by atoms with Crippen molar-refractivity contribution >= 4 is 21.6 Å². The van der Waals surface area contributed by atoms with Gasteiger partial charge in [0.1, 0.15) is 0 Å². The Morgan fingerprint density at radius 1 is 0.900 bits per heavy atom. The van der Waals surface area contributed by atoms with Gasteiger partial charge in [-0.3, -0.25) is 4.79 Å². The Morgan fingerprint density at radius 3 is 2.30 bits per heavy atom. The van der Waals surface area contributed by atoms with Crippen molar-refractivity contribution in [2.45, 2.75) is 11.4 Å². The molecule has 1 aliphatic rings. The van der Waals surface area contributed by atoms with Crippen LogP contribution in [-0.4, -0.2) is 32.0 Å². The van der Waals surface area contributed by atoms with Gasteiger partial charge in [-0.2, -0.15) is 4.31 Å². The molecule has 1 aliphatic heterocycles. The molecule has 0 aromatic heterocycles. The molecule has 3 aromatic rings. The average molecular weight is 424 g/mol. The molecule has 0 saturated heterocycles. The second-order valence-corrected chi connectivity index (χ2v) is 8.63. The highest BCUT2D eigenvalue weighted by Crippen LogP contribution is 2.34. The zero-order valence-electron chi connectivity index (χ0n) is 16.0. The van der Waals surface area contributed by atoms with Crippen LogP contribution >= 0.6 is 0 Å². The smallest absolute Gasteiger partial charge is 0.243 e. The quantitative estimate of drug-likeness (QED) is 0.629. The highest BCUT2D eigenvalue weighted by molar-refractivity contribution is 7.89.